The zero-order valence-corrected chi connectivity index (χ0v) is 6.63. The van der Waals surface area contributed by atoms with Crippen LogP contribution in [0.5, 0.6) is 0 Å². The molecule has 0 aromatic heterocycles. The highest BCUT2D eigenvalue weighted by molar-refractivity contribution is 5.77. The zero-order chi connectivity index (χ0) is 8.15. The largest absolute Gasteiger partial charge is 0.369 e. The molecule has 0 bridgehead atoms. The topological polar surface area (TPSA) is 69.1 Å². The predicted octanol–water partition coefficient (Wildman–Crippen LogP) is 0.0927. The number of amides is 1. The lowest BCUT2D eigenvalue weighted by molar-refractivity contribution is -0.122. The normalized spacial score (nSPS) is 16.3. The van der Waals surface area contributed by atoms with Crippen molar-refractivity contribution in [2.75, 3.05) is 6.54 Å². The molecule has 0 aromatic carbocycles. The molecule has 0 aliphatic rings. The summed E-state index contributed by atoms with van der Waals surface area (Å²) in [4.78, 5) is 10.7. The van der Waals surface area contributed by atoms with E-state index >= 15 is 0 Å². The number of carbonyl (C=O) groups is 1. The lowest BCUT2D eigenvalue weighted by Gasteiger charge is -2.16. The van der Waals surface area contributed by atoms with Gasteiger partial charge in [0, 0.05) is 6.54 Å². The van der Waals surface area contributed by atoms with Crippen LogP contribution >= 0.6 is 0 Å². The second-order valence-electron chi connectivity index (χ2n) is 2.63. The smallest absolute Gasteiger partial charge is 0.222 e. The van der Waals surface area contributed by atoms with Gasteiger partial charge in [-0.25, -0.2) is 0 Å². The van der Waals surface area contributed by atoms with Crippen LogP contribution in [0.1, 0.15) is 20.3 Å². The second-order valence-corrected chi connectivity index (χ2v) is 2.63. The first-order chi connectivity index (χ1) is 4.63. The van der Waals surface area contributed by atoms with Crippen LogP contribution < -0.4 is 11.5 Å². The average molecular weight is 144 g/mol. The maximum atomic E-state index is 10.7. The summed E-state index contributed by atoms with van der Waals surface area (Å²) >= 11 is 0. The molecule has 0 saturated carbocycles. The fourth-order valence-corrected chi connectivity index (χ4v) is 0.913. The molecule has 2 atom stereocenters. The predicted molar refractivity (Wildman–Crippen MR) is 41.2 cm³/mol. The molecule has 10 heavy (non-hydrogen) atoms. The van der Waals surface area contributed by atoms with Crippen molar-refractivity contribution in [3.05, 3.63) is 0 Å². The van der Waals surface area contributed by atoms with E-state index in [4.69, 9.17) is 11.5 Å². The van der Waals surface area contributed by atoms with E-state index in [2.05, 4.69) is 0 Å². The molecule has 0 heterocycles. The number of hydrogen-bond donors (Lipinski definition) is 2. The lowest BCUT2D eigenvalue weighted by Crippen LogP contribution is -2.34. The molecule has 0 radical (unpaired) electrons. The van der Waals surface area contributed by atoms with Crippen molar-refractivity contribution in [1.82, 2.24) is 0 Å². The minimum absolute atomic E-state index is 0.148. The van der Waals surface area contributed by atoms with Gasteiger partial charge in [-0.1, -0.05) is 20.3 Å². The van der Waals surface area contributed by atoms with Gasteiger partial charge in [0.05, 0.1) is 5.92 Å². The summed E-state index contributed by atoms with van der Waals surface area (Å²) in [5.41, 5.74) is 10.5. The first-order valence-electron chi connectivity index (χ1n) is 3.62. The third-order valence-corrected chi connectivity index (χ3v) is 1.95. The van der Waals surface area contributed by atoms with Gasteiger partial charge < -0.3 is 11.5 Å². The second kappa shape index (κ2) is 4.28. The minimum atomic E-state index is -0.281. The van der Waals surface area contributed by atoms with E-state index in [-0.39, 0.29) is 11.8 Å². The number of hydrogen-bond acceptors (Lipinski definition) is 2. The van der Waals surface area contributed by atoms with Crippen LogP contribution in [0.4, 0.5) is 0 Å². The number of rotatable bonds is 4. The molecule has 60 valence electrons. The fourth-order valence-electron chi connectivity index (χ4n) is 0.913. The Morgan fingerprint density at radius 1 is 1.60 bits per heavy atom. The summed E-state index contributed by atoms with van der Waals surface area (Å²) in [7, 11) is 0. The Bertz CT molecular complexity index is 114. The van der Waals surface area contributed by atoms with Crippen molar-refractivity contribution < 1.29 is 4.79 Å². The van der Waals surface area contributed by atoms with Crippen LogP contribution in [0.25, 0.3) is 0 Å². The van der Waals surface area contributed by atoms with Crippen molar-refractivity contribution in [3.8, 4) is 0 Å². The Morgan fingerprint density at radius 3 is 2.20 bits per heavy atom. The summed E-state index contributed by atoms with van der Waals surface area (Å²) in [5.74, 6) is -0.121. The SMILES string of the molecule is CCC(C)C(CN)C(N)=O. The van der Waals surface area contributed by atoms with Gasteiger partial charge in [0.2, 0.25) is 5.91 Å². The van der Waals surface area contributed by atoms with Gasteiger partial charge in [-0.05, 0) is 5.92 Å². The summed E-state index contributed by atoms with van der Waals surface area (Å²) < 4.78 is 0. The lowest BCUT2D eigenvalue weighted by atomic mass is 9.91. The third kappa shape index (κ3) is 2.35. The van der Waals surface area contributed by atoms with Gasteiger partial charge in [-0.15, -0.1) is 0 Å². The van der Waals surface area contributed by atoms with Crippen LogP contribution in [-0.4, -0.2) is 12.5 Å². The molecule has 0 aromatic rings. The molecule has 1 amide bonds. The molecule has 3 nitrogen and oxygen atoms in total. The molecule has 2 unspecified atom stereocenters. The van der Waals surface area contributed by atoms with Gasteiger partial charge in [0.25, 0.3) is 0 Å². The Morgan fingerprint density at radius 2 is 2.10 bits per heavy atom. The molecule has 0 rings (SSSR count). The van der Waals surface area contributed by atoms with E-state index in [0.29, 0.717) is 12.5 Å². The molecule has 3 heteroatoms. The quantitative estimate of drug-likeness (QED) is 0.587. The van der Waals surface area contributed by atoms with Crippen LogP contribution in [0.3, 0.4) is 0 Å². The maximum Gasteiger partial charge on any atom is 0.222 e. The van der Waals surface area contributed by atoms with Crippen molar-refractivity contribution in [1.29, 1.82) is 0 Å². The van der Waals surface area contributed by atoms with Crippen molar-refractivity contribution in [2.45, 2.75) is 20.3 Å². The average Bonchev–Trinajstić information content (AvgIpc) is 1.88. The molecular formula is C7H16N2O. The van der Waals surface area contributed by atoms with Gasteiger partial charge in [-0.2, -0.15) is 0 Å². The monoisotopic (exact) mass is 144 g/mol. The van der Waals surface area contributed by atoms with E-state index in [9.17, 15) is 4.79 Å². The Balaban J connectivity index is 3.92. The fraction of sp³-hybridized carbons (Fsp3) is 0.857. The van der Waals surface area contributed by atoms with Crippen LogP contribution in [0.2, 0.25) is 0 Å². The highest BCUT2D eigenvalue weighted by atomic mass is 16.1. The summed E-state index contributed by atoms with van der Waals surface area (Å²) in [5, 5.41) is 0. The van der Waals surface area contributed by atoms with E-state index in [0.717, 1.165) is 6.42 Å². The first-order valence-corrected chi connectivity index (χ1v) is 3.62. The van der Waals surface area contributed by atoms with E-state index in [1.807, 2.05) is 13.8 Å². The van der Waals surface area contributed by atoms with Crippen molar-refractivity contribution >= 4 is 5.91 Å². The number of primary amides is 1. The molecule has 0 spiro atoms. The van der Waals surface area contributed by atoms with E-state index in [1.165, 1.54) is 0 Å². The molecule has 0 aliphatic heterocycles. The van der Waals surface area contributed by atoms with Crippen LogP contribution in [-0.2, 0) is 4.79 Å². The summed E-state index contributed by atoms with van der Waals surface area (Å²) in [6.07, 6.45) is 0.949. The molecule has 0 saturated heterocycles. The summed E-state index contributed by atoms with van der Waals surface area (Å²) in [6, 6.07) is 0. The Hall–Kier alpha value is -0.570. The highest BCUT2D eigenvalue weighted by Gasteiger charge is 2.18. The van der Waals surface area contributed by atoms with Crippen molar-refractivity contribution in [2.24, 2.45) is 23.3 Å². The Labute approximate surface area is 61.8 Å². The van der Waals surface area contributed by atoms with Gasteiger partial charge in [0.15, 0.2) is 0 Å². The Kier molecular flexibility index (Phi) is 4.03. The van der Waals surface area contributed by atoms with Crippen LogP contribution in [0.15, 0.2) is 0 Å². The van der Waals surface area contributed by atoms with Gasteiger partial charge >= 0.3 is 0 Å². The minimum Gasteiger partial charge on any atom is -0.369 e. The van der Waals surface area contributed by atoms with Crippen molar-refractivity contribution in [3.63, 3.8) is 0 Å². The molecule has 4 N–H and O–H groups in total. The van der Waals surface area contributed by atoms with Gasteiger partial charge in [-0.3, -0.25) is 4.79 Å². The molecule has 0 fully saturated rings. The van der Waals surface area contributed by atoms with Gasteiger partial charge in [0.1, 0.15) is 0 Å². The van der Waals surface area contributed by atoms with E-state index < -0.39 is 0 Å². The highest BCUT2D eigenvalue weighted by Crippen LogP contribution is 2.12. The molecular weight excluding hydrogens is 128 g/mol. The summed E-state index contributed by atoms with van der Waals surface area (Å²) in [6.45, 7) is 4.38. The number of nitrogens with two attached hydrogens (primary N) is 2. The van der Waals surface area contributed by atoms with E-state index in [1.54, 1.807) is 0 Å². The zero-order valence-electron chi connectivity index (χ0n) is 6.63. The first kappa shape index (κ1) is 9.43. The third-order valence-electron chi connectivity index (χ3n) is 1.95. The molecule has 0 aliphatic carbocycles. The maximum absolute atomic E-state index is 10.7. The number of carbonyl (C=O) groups excluding carboxylic acids is 1. The van der Waals surface area contributed by atoms with Crippen LogP contribution in [0, 0.1) is 11.8 Å². The standard InChI is InChI=1S/C7H16N2O/c1-3-5(2)6(4-8)7(9)10/h5-6H,3-4,8H2,1-2H3,(H2,9,10).